The third kappa shape index (κ3) is 6.02. The van der Waals surface area contributed by atoms with Crippen molar-refractivity contribution in [3.8, 4) is 11.3 Å². The van der Waals surface area contributed by atoms with Crippen LogP contribution in [-0.2, 0) is 20.1 Å². The Kier molecular flexibility index (Phi) is 8.77. The number of hydrazone groups is 1. The number of amidine groups is 1. The molecule has 7 rings (SSSR count). The maximum Gasteiger partial charge on any atom is 3.00 e. The van der Waals surface area contributed by atoms with Crippen LogP contribution in [0.25, 0.3) is 22.0 Å². The van der Waals surface area contributed by atoms with Gasteiger partial charge in [0, 0.05) is 17.4 Å². The number of benzene rings is 5. The van der Waals surface area contributed by atoms with Crippen LogP contribution < -0.4 is 9.91 Å². The molecule has 0 atom stereocenters. The molecule has 0 saturated carbocycles. The van der Waals surface area contributed by atoms with Gasteiger partial charge in [-0.1, -0.05) is 78.5 Å². The molecule has 4 nitrogen and oxygen atoms in total. The van der Waals surface area contributed by atoms with E-state index in [0.29, 0.717) is 0 Å². The fourth-order valence-electron chi connectivity index (χ4n) is 4.42. The van der Waals surface area contributed by atoms with Gasteiger partial charge in [0.05, 0.1) is 0 Å². The van der Waals surface area contributed by atoms with Crippen LogP contribution in [0, 0.1) is 18.8 Å². The Morgan fingerprint density at radius 1 is 0.625 bits per heavy atom. The molecule has 0 fully saturated rings. The molecule has 1 aliphatic rings. The van der Waals surface area contributed by atoms with E-state index < -0.39 is 0 Å². The molecule has 0 unspecified atom stereocenters. The molecule has 1 aromatic heterocycles. The number of hydrogen-bond donors (Lipinski definition) is 0. The smallest absolute Gasteiger partial charge is 0.456 e. The first-order chi connectivity index (χ1) is 19.4. The first-order valence-electron chi connectivity index (χ1n) is 12.8. The van der Waals surface area contributed by atoms with E-state index in [2.05, 4.69) is 58.4 Å². The van der Waals surface area contributed by atoms with Gasteiger partial charge in [0.15, 0.2) is 0 Å². The average molecular weight is 694 g/mol. The van der Waals surface area contributed by atoms with Gasteiger partial charge < -0.3 is 14.9 Å². The number of nitrogens with zero attached hydrogens (tertiary/aromatic N) is 4. The molecule has 0 saturated heterocycles. The zero-order valence-corrected chi connectivity index (χ0v) is 24.0. The predicted octanol–water partition coefficient (Wildman–Crippen LogP) is 7.99. The molecule has 40 heavy (non-hydrogen) atoms. The molecular formula is C35H25IrN4. The molecule has 0 radical (unpaired) electrons. The summed E-state index contributed by atoms with van der Waals surface area (Å²) < 4.78 is 0. The van der Waals surface area contributed by atoms with Gasteiger partial charge in [-0.05, 0) is 34.7 Å². The topological polar surface area (TPSA) is 31.7 Å². The Morgan fingerprint density at radius 2 is 1.30 bits per heavy atom. The van der Waals surface area contributed by atoms with Gasteiger partial charge in [0.25, 0.3) is 0 Å². The number of para-hydroxylation sites is 2. The summed E-state index contributed by atoms with van der Waals surface area (Å²) in [7, 11) is 0. The first kappa shape index (κ1) is 27.0. The monoisotopic (exact) mass is 694 g/mol. The minimum Gasteiger partial charge on any atom is -0.456 e. The second kappa shape index (κ2) is 13.0. The van der Waals surface area contributed by atoms with Gasteiger partial charge in [-0.15, -0.1) is 48.6 Å². The van der Waals surface area contributed by atoms with Crippen molar-refractivity contribution in [3.05, 3.63) is 170 Å². The normalized spacial score (nSPS) is 12.2. The second-order valence-electron chi connectivity index (χ2n) is 8.86. The van der Waals surface area contributed by atoms with Crippen molar-refractivity contribution >= 4 is 28.0 Å². The molecule has 0 N–H and O–H groups in total. The number of anilines is 2. The quantitative estimate of drug-likeness (QED) is 0.176. The van der Waals surface area contributed by atoms with Crippen molar-refractivity contribution in [2.24, 2.45) is 5.10 Å². The van der Waals surface area contributed by atoms with Gasteiger partial charge >= 0.3 is 20.1 Å². The van der Waals surface area contributed by atoms with E-state index >= 15 is 0 Å². The van der Waals surface area contributed by atoms with E-state index in [1.165, 1.54) is 10.8 Å². The number of pyridine rings is 1. The summed E-state index contributed by atoms with van der Waals surface area (Å²) in [6.45, 7) is 1.99. The van der Waals surface area contributed by atoms with Gasteiger partial charge in [-0.2, -0.15) is 29.4 Å². The minimum atomic E-state index is 0. The van der Waals surface area contributed by atoms with Gasteiger partial charge in [-0.3, -0.25) is 0 Å². The Morgan fingerprint density at radius 3 is 2.02 bits per heavy atom. The minimum absolute atomic E-state index is 0. The van der Waals surface area contributed by atoms with Crippen LogP contribution in [0.2, 0.25) is 0 Å². The number of aromatic nitrogens is 1. The molecule has 194 valence electrons. The van der Waals surface area contributed by atoms with E-state index in [4.69, 9.17) is 5.10 Å². The van der Waals surface area contributed by atoms with Crippen LogP contribution in [-0.4, -0.2) is 10.8 Å². The molecule has 6 aromatic rings. The number of rotatable bonds is 4. The summed E-state index contributed by atoms with van der Waals surface area (Å²) >= 11 is 0. The van der Waals surface area contributed by atoms with Crippen LogP contribution in [0.5, 0.6) is 0 Å². The third-order valence-electron chi connectivity index (χ3n) is 6.30. The Labute approximate surface area is 248 Å². The SMILES string of the molecule is [Ir+3].[c-]1ccccc1-c1nccc2ccccc12.[c-]1ccccc1N1[CH-]N(c2ccccc2)C(c2ccccc2)=N1. The maximum absolute atomic E-state index is 4.78. The van der Waals surface area contributed by atoms with Crippen molar-refractivity contribution in [2.75, 3.05) is 9.91 Å². The zero-order valence-electron chi connectivity index (χ0n) is 21.6. The van der Waals surface area contributed by atoms with E-state index in [1.54, 1.807) is 0 Å². The Balaban J connectivity index is 0.000000167. The summed E-state index contributed by atoms with van der Waals surface area (Å²) in [4.78, 5) is 6.54. The molecular weight excluding hydrogens is 669 g/mol. The Bertz CT molecular complexity index is 1670. The van der Waals surface area contributed by atoms with E-state index in [1.807, 2.05) is 121 Å². The van der Waals surface area contributed by atoms with Crippen molar-refractivity contribution in [3.63, 3.8) is 0 Å². The van der Waals surface area contributed by atoms with Gasteiger partial charge in [0.1, 0.15) is 5.84 Å². The summed E-state index contributed by atoms with van der Waals surface area (Å²) in [5.41, 5.74) is 5.11. The molecule has 2 heterocycles. The maximum atomic E-state index is 4.78. The molecule has 0 amide bonds. The molecule has 1 aliphatic heterocycles. The van der Waals surface area contributed by atoms with Crippen molar-refractivity contribution in [1.29, 1.82) is 0 Å². The Hall–Kier alpha value is -4.57. The van der Waals surface area contributed by atoms with E-state index in [9.17, 15) is 0 Å². The summed E-state index contributed by atoms with van der Waals surface area (Å²) in [5.74, 6) is 0.897. The average Bonchev–Trinajstić information content (AvgIpc) is 3.49. The van der Waals surface area contributed by atoms with Crippen LogP contribution in [0.15, 0.2) is 151 Å². The molecule has 0 aliphatic carbocycles. The second-order valence-corrected chi connectivity index (χ2v) is 8.86. The summed E-state index contributed by atoms with van der Waals surface area (Å²) in [6.07, 6.45) is 1.85. The molecule has 5 aromatic carbocycles. The van der Waals surface area contributed by atoms with E-state index in [-0.39, 0.29) is 20.1 Å². The van der Waals surface area contributed by atoms with Crippen molar-refractivity contribution in [2.45, 2.75) is 0 Å². The predicted molar refractivity (Wildman–Crippen MR) is 160 cm³/mol. The first-order valence-corrected chi connectivity index (χ1v) is 12.8. The standard InChI is InChI=1S/C20H15N3.C15H10N.Ir/c1-4-10-17(11-5-1)20-21-23(19-14-8-3-9-15-19)16-22(20)18-12-6-2-7-13-18;1-2-7-13(8-3-1)15-14-9-5-4-6-12(14)10-11-16-15;/h1-14,16H;1-7,9-11H;/q-2;-1;+3. The fourth-order valence-corrected chi connectivity index (χ4v) is 4.42. The molecule has 0 spiro atoms. The molecule has 5 heteroatoms. The van der Waals surface area contributed by atoms with Gasteiger partial charge in [-0.25, -0.2) is 0 Å². The summed E-state index contributed by atoms with van der Waals surface area (Å²) in [5, 5.41) is 9.02. The zero-order chi connectivity index (χ0) is 26.3. The number of hydrogen-bond acceptors (Lipinski definition) is 4. The third-order valence-corrected chi connectivity index (χ3v) is 6.30. The molecule has 0 bridgehead atoms. The van der Waals surface area contributed by atoms with Gasteiger partial charge in [0.2, 0.25) is 0 Å². The van der Waals surface area contributed by atoms with Crippen LogP contribution in [0.4, 0.5) is 11.4 Å². The van der Waals surface area contributed by atoms with Crippen molar-refractivity contribution < 1.29 is 20.1 Å². The fraction of sp³-hybridized carbons (Fsp3) is 0. The number of fused-ring (bicyclic) bond motifs is 1. The van der Waals surface area contributed by atoms with Crippen LogP contribution >= 0.6 is 0 Å². The van der Waals surface area contributed by atoms with Crippen molar-refractivity contribution in [1.82, 2.24) is 4.98 Å². The largest absolute Gasteiger partial charge is 3.00 e. The van der Waals surface area contributed by atoms with Crippen LogP contribution in [0.1, 0.15) is 5.56 Å². The summed E-state index contributed by atoms with van der Waals surface area (Å²) in [6, 6.07) is 52.9. The van der Waals surface area contributed by atoms with Crippen LogP contribution in [0.3, 0.4) is 0 Å². The van der Waals surface area contributed by atoms with E-state index in [0.717, 1.165) is 34.0 Å².